The summed E-state index contributed by atoms with van der Waals surface area (Å²) in [6.45, 7) is 1.04. The highest BCUT2D eigenvalue weighted by atomic mass is 16.5. The van der Waals surface area contributed by atoms with Crippen LogP contribution in [0.4, 0.5) is 0 Å². The lowest BCUT2D eigenvalue weighted by Crippen LogP contribution is -2.26. The number of fused-ring (bicyclic) bond motifs is 1. The van der Waals surface area contributed by atoms with E-state index in [1.54, 1.807) is 13.3 Å². The molecule has 2 aromatic rings. The molecular formula is C12H14N2O2. The first-order chi connectivity index (χ1) is 7.83. The van der Waals surface area contributed by atoms with Crippen LogP contribution in [0.2, 0.25) is 0 Å². The summed E-state index contributed by atoms with van der Waals surface area (Å²) >= 11 is 0. The summed E-state index contributed by atoms with van der Waals surface area (Å²) in [5.41, 5.74) is 1.64. The topological polar surface area (TPSA) is 54.1 Å². The van der Waals surface area contributed by atoms with Crippen LogP contribution in [-0.4, -0.2) is 31.2 Å². The van der Waals surface area contributed by atoms with Crippen molar-refractivity contribution >= 4 is 16.8 Å². The minimum atomic E-state index is -0.0745. The Morgan fingerprint density at radius 2 is 2.25 bits per heavy atom. The van der Waals surface area contributed by atoms with Gasteiger partial charge in [-0.15, -0.1) is 0 Å². The lowest BCUT2D eigenvalue weighted by Gasteiger charge is -2.02. The highest BCUT2D eigenvalue weighted by Crippen LogP contribution is 2.17. The lowest BCUT2D eigenvalue weighted by atomic mass is 10.1. The average molecular weight is 218 g/mol. The molecule has 0 aliphatic rings. The molecule has 0 radical (unpaired) electrons. The van der Waals surface area contributed by atoms with Crippen LogP contribution >= 0.6 is 0 Å². The first kappa shape index (κ1) is 10.7. The number of carbonyl (C=O) groups excluding carboxylic acids is 1. The average Bonchev–Trinajstić information content (AvgIpc) is 2.73. The molecule has 0 atom stereocenters. The van der Waals surface area contributed by atoms with Crippen molar-refractivity contribution in [2.24, 2.45) is 0 Å². The van der Waals surface area contributed by atoms with E-state index < -0.39 is 0 Å². The van der Waals surface area contributed by atoms with E-state index in [0.717, 1.165) is 10.9 Å². The van der Waals surface area contributed by atoms with Gasteiger partial charge >= 0.3 is 0 Å². The maximum absolute atomic E-state index is 11.8. The standard InChI is InChI=1S/C12H14N2O2/c1-16-7-6-13-12(15)10-8-14-11-5-3-2-4-9(10)11/h2-5,8,14H,6-7H2,1H3,(H,13,15). The maximum atomic E-state index is 11.8. The third-order valence-corrected chi connectivity index (χ3v) is 2.43. The van der Waals surface area contributed by atoms with Crippen molar-refractivity contribution in [2.75, 3.05) is 20.3 Å². The van der Waals surface area contributed by atoms with E-state index in [4.69, 9.17) is 4.74 Å². The third-order valence-electron chi connectivity index (χ3n) is 2.43. The van der Waals surface area contributed by atoms with Crippen molar-refractivity contribution in [1.82, 2.24) is 10.3 Å². The van der Waals surface area contributed by atoms with Crippen molar-refractivity contribution in [3.63, 3.8) is 0 Å². The van der Waals surface area contributed by atoms with Crippen LogP contribution in [0.15, 0.2) is 30.5 Å². The molecule has 2 rings (SSSR count). The number of benzene rings is 1. The number of para-hydroxylation sites is 1. The van der Waals surface area contributed by atoms with Gasteiger partial charge in [0.1, 0.15) is 0 Å². The third kappa shape index (κ3) is 2.06. The van der Waals surface area contributed by atoms with Crippen LogP contribution in [0.5, 0.6) is 0 Å². The molecule has 0 bridgehead atoms. The van der Waals surface area contributed by atoms with E-state index in [0.29, 0.717) is 18.7 Å². The summed E-state index contributed by atoms with van der Waals surface area (Å²) in [4.78, 5) is 14.9. The van der Waals surface area contributed by atoms with Gasteiger partial charge < -0.3 is 15.0 Å². The van der Waals surface area contributed by atoms with Gasteiger partial charge in [0.15, 0.2) is 0 Å². The quantitative estimate of drug-likeness (QED) is 0.765. The Hall–Kier alpha value is -1.81. The van der Waals surface area contributed by atoms with Gasteiger partial charge in [-0.25, -0.2) is 0 Å². The normalized spacial score (nSPS) is 10.6. The fourth-order valence-electron chi connectivity index (χ4n) is 1.62. The van der Waals surface area contributed by atoms with Crippen molar-refractivity contribution in [3.05, 3.63) is 36.0 Å². The fraction of sp³-hybridized carbons (Fsp3) is 0.250. The van der Waals surface area contributed by atoms with Crippen molar-refractivity contribution in [3.8, 4) is 0 Å². The van der Waals surface area contributed by atoms with Gasteiger partial charge in [0.2, 0.25) is 0 Å². The highest BCUT2D eigenvalue weighted by molar-refractivity contribution is 6.06. The monoisotopic (exact) mass is 218 g/mol. The van der Waals surface area contributed by atoms with Crippen LogP contribution in [0.1, 0.15) is 10.4 Å². The molecule has 0 saturated heterocycles. The Balaban J connectivity index is 2.17. The molecule has 2 N–H and O–H groups in total. The number of carbonyl (C=O) groups is 1. The zero-order chi connectivity index (χ0) is 11.4. The zero-order valence-electron chi connectivity index (χ0n) is 9.12. The maximum Gasteiger partial charge on any atom is 0.253 e. The molecule has 0 spiro atoms. The van der Waals surface area contributed by atoms with Gasteiger partial charge in [-0.2, -0.15) is 0 Å². The highest BCUT2D eigenvalue weighted by Gasteiger charge is 2.10. The second kappa shape index (κ2) is 4.81. The molecule has 1 aromatic heterocycles. The molecule has 4 nitrogen and oxygen atoms in total. The van der Waals surface area contributed by atoms with Crippen LogP contribution in [0.25, 0.3) is 10.9 Å². The van der Waals surface area contributed by atoms with Crippen LogP contribution < -0.4 is 5.32 Å². The smallest absolute Gasteiger partial charge is 0.253 e. The minimum absolute atomic E-state index is 0.0745. The molecule has 16 heavy (non-hydrogen) atoms. The summed E-state index contributed by atoms with van der Waals surface area (Å²) in [5, 5.41) is 3.74. The molecule has 4 heteroatoms. The van der Waals surface area contributed by atoms with Crippen molar-refractivity contribution in [2.45, 2.75) is 0 Å². The van der Waals surface area contributed by atoms with Crippen molar-refractivity contribution < 1.29 is 9.53 Å². The van der Waals surface area contributed by atoms with Crippen molar-refractivity contribution in [1.29, 1.82) is 0 Å². The van der Waals surface area contributed by atoms with Gasteiger partial charge in [0, 0.05) is 30.8 Å². The predicted molar refractivity (Wildman–Crippen MR) is 62.5 cm³/mol. The molecule has 1 aromatic carbocycles. The molecule has 1 heterocycles. The summed E-state index contributed by atoms with van der Waals surface area (Å²) in [5.74, 6) is -0.0745. The zero-order valence-corrected chi connectivity index (χ0v) is 9.12. The van der Waals surface area contributed by atoms with E-state index in [9.17, 15) is 4.79 Å². The molecule has 0 aliphatic heterocycles. The van der Waals surface area contributed by atoms with Gasteiger partial charge in [-0.1, -0.05) is 18.2 Å². The predicted octanol–water partition coefficient (Wildman–Crippen LogP) is 1.54. The molecule has 0 saturated carbocycles. The Labute approximate surface area is 93.6 Å². The van der Waals surface area contributed by atoms with Gasteiger partial charge in [0.05, 0.1) is 12.2 Å². The van der Waals surface area contributed by atoms with Crippen LogP contribution in [-0.2, 0) is 4.74 Å². The van der Waals surface area contributed by atoms with Gasteiger partial charge in [-0.05, 0) is 6.07 Å². The number of aromatic nitrogens is 1. The summed E-state index contributed by atoms with van der Waals surface area (Å²) in [6.07, 6.45) is 1.73. The van der Waals surface area contributed by atoms with E-state index >= 15 is 0 Å². The Morgan fingerprint density at radius 1 is 1.44 bits per heavy atom. The number of amides is 1. The molecule has 0 unspecified atom stereocenters. The lowest BCUT2D eigenvalue weighted by molar-refractivity contribution is 0.0939. The molecule has 0 fully saturated rings. The fourth-order valence-corrected chi connectivity index (χ4v) is 1.62. The first-order valence-corrected chi connectivity index (χ1v) is 5.16. The molecular weight excluding hydrogens is 204 g/mol. The number of nitrogens with one attached hydrogen (secondary N) is 2. The Morgan fingerprint density at radius 3 is 3.06 bits per heavy atom. The molecule has 84 valence electrons. The summed E-state index contributed by atoms with van der Waals surface area (Å²) < 4.78 is 4.87. The Bertz CT molecular complexity index is 490. The second-order valence-electron chi connectivity index (χ2n) is 3.50. The number of methoxy groups -OCH3 is 1. The van der Waals surface area contributed by atoms with Crippen LogP contribution in [0.3, 0.4) is 0 Å². The minimum Gasteiger partial charge on any atom is -0.383 e. The number of rotatable bonds is 4. The van der Waals surface area contributed by atoms with Crippen LogP contribution in [0, 0.1) is 0 Å². The molecule has 1 amide bonds. The number of H-pyrrole nitrogens is 1. The first-order valence-electron chi connectivity index (χ1n) is 5.16. The van der Waals surface area contributed by atoms with E-state index in [1.807, 2.05) is 24.3 Å². The largest absolute Gasteiger partial charge is 0.383 e. The van der Waals surface area contributed by atoms with E-state index in [-0.39, 0.29) is 5.91 Å². The van der Waals surface area contributed by atoms with E-state index in [2.05, 4.69) is 10.3 Å². The summed E-state index contributed by atoms with van der Waals surface area (Å²) in [7, 11) is 1.61. The van der Waals surface area contributed by atoms with Gasteiger partial charge in [-0.3, -0.25) is 4.79 Å². The summed E-state index contributed by atoms with van der Waals surface area (Å²) in [6, 6.07) is 7.73. The second-order valence-corrected chi connectivity index (χ2v) is 3.50. The number of aromatic amines is 1. The number of ether oxygens (including phenoxy) is 1. The van der Waals surface area contributed by atoms with E-state index in [1.165, 1.54) is 0 Å². The number of hydrogen-bond donors (Lipinski definition) is 2. The SMILES string of the molecule is COCCNC(=O)c1c[nH]c2ccccc12. The molecule has 0 aliphatic carbocycles. The number of hydrogen-bond acceptors (Lipinski definition) is 2. The van der Waals surface area contributed by atoms with Gasteiger partial charge in [0.25, 0.3) is 5.91 Å². The Kier molecular flexibility index (Phi) is 3.22.